The van der Waals surface area contributed by atoms with Crippen LogP contribution in [0.2, 0.25) is 10.0 Å². The number of carbonyl (C=O) groups is 1. The van der Waals surface area contributed by atoms with E-state index in [2.05, 4.69) is 25.7 Å². The van der Waals surface area contributed by atoms with E-state index in [1.54, 1.807) is 60.7 Å². The summed E-state index contributed by atoms with van der Waals surface area (Å²) in [4.78, 5) is 17.0. The number of aromatic nitrogens is 4. The number of anilines is 1. The zero-order valence-electron chi connectivity index (χ0n) is 17.2. The van der Waals surface area contributed by atoms with Crippen molar-refractivity contribution in [1.82, 2.24) is 20.3 Å². The molecule has 0 saturated carbocycles. The number of hydrogen-bond donors (Lipinski definition) is 2. The van der Waals surface area contributed by atoms with Gasteiger partial charge in [0.2, 0.25) is 5.82 Å². The van der Waals surface area contributed by atoms with Crippen molar-refractivity contribution in [3.05, 3.63) is 94.2 Å². The predicted octanol–water partition coefficient (Wildman–Crippen LogP) is 6.49. The van der Waals surface area contributed by atoms with Crippen LogP contribution in [-0.2, 0) is 0 Å². The molecule has 5 rings (SSSR count). The van der Waals surface area contributed by atoms with Crippen LogP contribution in [0.4, 0.5) is 10.2 Å². The summed E-state index contributed by atoms with van der Waals surface area (Å²) in [6, 6.07) is 19.2. The van der Waals surface area contributed by atoms with Gasteiger partial charge in [-0.3, -0.25) is 9.89 Å². The molecule has 0 radical (unpaired) electrons. The largest absolute Gasteiger partial charge is 0.334 e. The fourth-order valence-electron chi connectivity index (χ4n) is 3.24. The van der Waals surface area contributed by atoms with Gasteiger partial charge in [-0.05, 0) is 54.6 Å². The minimum Gasteiger partial charge on any atom is -0.334 e. The molecule has 0 aliphatic rings. The summed E-state index contributed by atoms with van der Waals surface area (Å²) in [6.45, 7) is 0. The summed E-state index contributed by atoms with van der Waals surface area (Å²) >= 11 is 12.2. The van der Waals surface area contributed by atoms with Gasteiger partial charge in [-0.15, -0.1) is 0 Å². The Hall–Kier alpha value is -4.01. The highest BCUT2D eigenvalue weighted by molar-refractivity contribution is 6.36. The van der Waals surface area contributed by atoms with Crippen LogP contribution >= 0.6 is 23.2 Å². The Morgan fingerprint density at radius 3 is 2.41 bits per heavy atom. The summed E-state index contributed by atoms with van der Waals surface area (Å²) in [7, 11) is 0. The molecule has 0 unspecified atom stereocenters. The van der Waals surface area contributed by atoms with Crippen LogP contribution < -0.4 is 5.32 Å². The summed E-state index contributed by atoms with van der Waals surface area (Å²) in [5.74, 6) is 0.274. The maximum Gasteiger partial charge on any atom is 0.258 e. The first kappa shape index (κ1) is 21.8. The number of H-pyrrole nitrogens is 1. The van der Waals surface area contributed by atoms with Crippen LogP contribution in [0.1, 0.15) is 10.4 Å². The lowest BCUT2D eigenvalue weighted by molar-refractivity contribution is 0.102. The highest BCUT2D eigenvalue weighted by Crippen LogP contribution is 2.30. The van der Waals surface area contributed by atoms with E-state index in [0.29, 0.717) is 49.6 Å². The number of nitrogens with one attached hydrogen (secondary N) is 2. The van der Waals surface area contributed by atoms with Crippen molar-refractivity contribution in [2.75, 3.05) is 5.32 Å². The smallest absolute Gasteiger partial charge is 0.258 e. The third-order valence-electron chi connectivity index (χ3n) is 4.96. The van der Waals surface area contributed by atoms with Gasteiger partial charge in [0.15, 0.2) is 5.82 Å². The molecule has 2 N–H and O–H groups in total. The summed E-state index contributed by atoms with van der Waals surface area (Å²) < 4.78 is 18.4. The zero-order valence-corrected chi connectivity index (χ0v) is 18.7. The van der Waals surface area contributed by atoms with Crippen LogP contribution in [0.15, 0.2) is 77.3 Å². The molecule has 0 fully saturated rings. The first-order valence-corrected chi connectivity index (χ1v) is 10.7. The van der Waals surface area contributed by atoms with E-state index in [-0.39, 0.29) is 17.6 Å². The molecule has 0 saturated heterocycles. The summed E-state index contributed by atoms with van der Waals surface area (Å²) in [6.07, 6.45) is 0. The van der Waals surface area contributed by atoms with E-state index in [1.165, 1.54) is 12.1 Å². The second-order valence-electron chi connectivity index (χ2n) is 7.25. The van der Waals surface area contributed by atoms with Gasteiger partial charge in [0.1, 0.15) is 5.82 Å². The molecule has 3 aromatic carbocycles. The molecule has 7 nitrogen and oxygen atoms in total. The first-order chi connectivity index (χ1) is 16.5. The summed E-state index contributed by atoms with van der Waals surface area (Å²) in [5, 5.41) is 14.7. The van der Waals surface area contributed by atoms with Gasteiger partial charge in [0.05, 0.1) is 10.7 Å². The Morgan fingerprint density at radius 2 is 1.68 bits per heavy atom. The number of hydrogen-bond acceptors (Lipinski definition) is 5. The lowest BCUT2D eigenvalue weighted by Gasteiger charge is -2.03. The maximum atomic E-state index is 13.1. The molecule has 10 heteroatoms. The molecule has 5 aromatic rings. The van der Waals surface area contributed by atoms with Crippen LogP contribution in [0.3, 0.4) is 0 Å². The fourth-order valence-corrected chi connectivity index (χ4v) is 3.75. The van der Waals surface area contributed by atoms with Crippen molar-refractivity contribution >= 4 is 34.9 Å². The third-order valence-corrected chi connectivity index (χ3v) is 5.51. The van der Waals surface area contributed by atoms with Gasteiger partial charge in [0, 0.05) is 33.3 Å². The van der Waals surface area contributed by atoms with Crippen molar-refractivity contribution in [1.29, 1.82) is 0 Å². The molecular weight excluding hydrogens is 480 g/mol. The Labute approximate surface area is 202 Å². The SMILES string of the molecule is O=C(Nc1cc(-c2ccc(Cl)cc2Cl)[nH]n1)c1ccc(-c2noc(-c3ccc(F)cc3)n2)cc1. The molecule has 0 aliphatic carbocycles. The zero-order chi connectivity index (χ0) is 23.7. The van der Waals surface area contributed by atoms with Crippen LogP contribution in [0.5, 0.6) is 0 Å². The van der Waals surface area contributed by atoms with Crippen LogP contribution in [0, 0.1) is 5.82 Å². The number of benzene rings is 3. The van der Waals surface area contributed by atoms with Crippen molar-refractivity contribution in [3.63, 3.8) is 0 Å². The molecular formula is C24H14Cl2FN5O2. The van der Waals surface area contributed by atoms with E-state index in [9.17, 15) is 9.18 Å². The normalized spacial score (nSPS) is 10.9. The second-order valence-corrected chi connectivity index (χ2v) is 8.10. The maximum absolute atomic E-state index is 13.1. The minimum absolute atomic E-state index is 0.270. The molecule has 0 bridgehead atoms. The fraction of sp³-hybridized carbons (Fsp3) is 0. The van der Waals surface area contributed by atoms with E-state index in [0.717, 1.165) is 0 Å². The molecule has 0 aliphatic heterocycles. The number of carbonyl (C=O) groups excluding carboxylic acids is 1. The Kier molecular flexibility index (Phi) is 5.83. The van der Waals surface area contributed by atoms with Crippen molar-refractivity contribution in [3.8, 4) is 34.1 Å². The number of amides is 1. The Bertz CT molecular complexity index is 1480. The lowest BCUT2D eigenvalue weighted by atomic mass is 10.1. The number of halogens is 3. The predicted molar refractivity (Wildman–Crippen MR) is 127 cm³/mol. The third kappa shape index (κ3) is 4.54. The molecule has 2 aromatic heterocycles. The quantitative estimate of drug-likeness (QED) is 0.291. The average molecular weight is 494 g/mol. The van der Waals surface area contributed by atoms with Gasteiger partial charge in [0.25, 0.3) is 11.8 Å². The molecule has 0 spiro atoms. The first-order valence-electron chi connectivity index (χ1n) is 9.98. The number of aromatic amines is 1. The van der Waals surface area contributed by atoms with Crippen molar-refractivity contribution in [2.45, 2.75) is 0 Å². The highest BCUT2D eigenvalue weighted by atomic mass is 35.5. The van der Waals surface area contributed by atoms with E-state index >= 15 is 0 Å². The van der Waals surface area contributed by atoms with Gasteiger partial charge in [-0.2, -0.15) is 10.1 Å². The lowest BCUT2D eigenvalue weighted by Crippen LogP contribution is -2.11. The Morgan fingerprint density at radius 1 is 0.941 bits per heavy atom. The monoisotopic (exact) mass is 493 g/mol. The van der Waals surface area contributed by atoms with Gasteiger partial charge in [-0.1, -0.05) is 40.5 Å². The van der Waals surface area contributed by atoms with Crippen LogP contribution in [-0.4, -0.2) is 26.2 Å². The standard InChI is InChI=1S/C24H14Cl2FN5O2/c25-16-7-10-18(19(26)11-16)20-12-21(31-30-20)28-23(33)14-3-1-13(2-4-14)22-29-24(34-32-22)15-5-8-17(27)9-6-15/h1-12H,(H2,28,30,31,33). The van der Waals surface area contributed by atoms with E-state index in [4.69, 9.17) is 27.7 Å². The number of rotatable bonds is 5. The average Bonchev–Trinajstić information content (AvgIpc) is 3.50. The minimum atomic E-state index is -0.350. The van der Waals surface area contributed by atoms with Crippen molar-refractivity contribution in [2.24, 2.45) is 0 Å². The molecule has 34 heavy (non-hydrogen) atoms. The van der Waals surface area contributed by atoms with Gasteiger partial charge < -0.3 is 9.84 Å². The molecule has 168 valence electrons. The van der Waals surface area contributed by atoms with Gasteiger partial charge >= 0.3 is 0 Å². The van der Waals surface area contributed by atoms with Crippen LogP contribution in [0.25, 0.3) is 34.1 Å². The Balaban J connectivity index is 1.28. The summed E-state index contributed by atoms with van der Waals surface area (Å²) in [5.41, 5.74) is 3.03. The highest BCUT2D eigenvalue weighted by Gasteiger charge is 2.14. The van der Waals surface area contributed by atoms with E-state index in [1.807, 2.05) is 0 Å². The second kappa shape index (κ2) is 9.09. The van der Waals surface area contributed by atoms with E-state index < -0.39 is 0 Å². The van der Waals surface area contributed by atoms with Gasteiger partial charge in [-0.25, -0.2) is 4.39 Å². The topological polar surface area (TPSA) is 96.7 Å². The van der Waals surface area contributed by atoms with Crippen molar-refractivity contribution < 1.29 is 13.7 Å². The molecule has 1 amide bonds. The molecule has 2 heterocycles. The molecule has 0 atom stereocenters. The number of nitrogens with zero attached hydrogens (tertiary/aromatic N) is 3.